The standard InChI is InChI=1S/C18H21ClN4O3S/c1-12-18(13(2)22(3)21-12)27(24,25)23-8-6-16(7-9-23)26-17-5-4-15(19)10-14(17)11-20/h4-5,10,16H,6-9H2,1-3H3. The number of piperidine rings is 1. The Labute approximate surface area is 164 Å². The maximum atomic E-state index is 13.0. The maximum absolute atomic E-state index is 13.0. The van der Waals surface area contributed by atoms with Gasteiger partial charge in [0.2, 0.25) is 10.0 Å². The number of hydrogen-bond donors (Lipinski definition) is 0. The third kappa shape index (κ3) is 3.81. The summed E-state index contributed by atoms with van der Waals surface area (Å²) in [6.07, 6.45) is 0.941. The molecule has 0 atom stereocenters. The van der Waals surface area contributed by atoms with Crippen LogP contribution in [0.1, 0.15) is 29.8 Å². The lowest BCUT2D eigenvalue weighted by Crippen LogP contribution is -2.42. The minimum Gasteiger partial charge on any atom is -0.489 e. The summed E-state index contributed by atoms with van der Waals surface area (Å²) in [4.78, 5) is 0.286. The summed E-state index contributed by atoms with van der Waals surface area (Å²) in [5.74, 6) is 0.474. The Morgan fingerprint density at radius 1 is 1.30 bits per heavy atom. The van der Waals surface area contributed by atoms with E-state index in [9.17, 15) is 13.7 Å². The second-order valence-electron chi connectivity index (χ2n) is 6.60. The molecule has 1 fully saturated rings. The Balaban J connectivity index is 1.71. The van der Waals surface area contributed by atoms with Gasteiger partial charge < -0.3 is 4.74 Å². The van der Waals surface area contributed by atoms with Gasteiger partial charge in [-0.25, -0.2) is 8.42 Å². The zero-order valence-corrected chi connectivity index (χ0v) is 17.0. The van der Waals surface area contributed by atoms with Crippen molar-refractivity contribution in [3.63, 3.8) is 0 Å². The molecule has 1 saturated heterocycles. The average Bonchev–Trinajstić information content (AvgIpc) is 2.89. The molecule has 0 spiro atoms. The summed E-state index contributed by atoms with van der Waals surface area (Å²) in [6.45, 7) is 4.18. The van der Waals surface area contributed by atoms with Crippen LogP contribution in [-0.2, 0) is 17.1 Å². The zero-order chi connectivity index (χ0) is 19.8. The molecule has 0 radical (unpaired) electrons. The molecule has 0 aliphatic carbocycles. The average molecular weight is 409 g/mol. The second-order valence-corrected chi connectivity index (χ2v) is 8.91. The lowest BCUT2D eigenvalue weighted by Gasteiger charge is -2.31. The number of aryl methyl sites for hydroxylation is 2. The monoisotopic (exact) mass is 408 g/mol. The lowest BCUT2D eigenvalue weighted by atomic mass is 10.1. The largest absolute Gasteiger partial charge is 0.489 e. The van der Waals surface area contributed by atoms with Crippen LogP contribution in [0.5, 0.6) is 5.75 Å². The molecule has 1 aromatic carbocycles. The van der Waals surface area contributed by atoms with Crippen molar-refractivity contribution >= 4 is 21.6 Å². The van der Waals surface area contributed by atoms with Gasteiger partial charge in [0.05, 0.1) is 17.0 Å². The first-order valence-electron chi connectivity index (χ1n) is 8.60. The molecule has 9 heteroatoms. The summed E-state index contributed by atoms with van der Waals surface area (Å²) in [5.41, 5.74) is 1.51. The Morgan fingerprint density at radius 3 is 2.52 bits per heavy atom. The highest BCUT2D eigenvalue weighted by atomic mass is 35.5. The molecule has 7 nitrogen and oxygen atoms in total. The van der Waals surface area contributed by atoms with E-state index in [1.807, 2.05) is 0 Å². The third-order valence-corrected chi connectivity index (χ3v) is 7.18. The van der Waals surface area contributed by atoms with E-state index < -0.39 is 10.0 Å². The molecule has 144 valence electrons. The van der Waals surface area contributed by atoms with Gasteiger partial charge >= 0.3 is 0 Å². The Kier molecular flexibility index (Phi) is 5.47. The Morgan fingerprint density at radius 2 is 1.96 bits per heavy atom. The number of halogens is 1. The highest BCUT2D eigenvalue weighted by molar-refractivity contribution is 7.89. The molecule has 0 N–H and O–H groups in total. The molecule has 1 aliphatic rings. The van der Waals surface area contributed by atoms with Gasteiger partial charge in [-0.15, -0.1) is 0 Å². The van der Waals surface area contributed by atoms with E-state index >= 15 is 0 Å². The lowest BCUT2D eigenvalue weighted by molar-refractivity contribution is 0.134. The third-order valence-electron chi connectivity index (χ3n) is 4.80. The van der Waals surface area contributed by atoms with Crippen LogP contribution < -0.4 is 4.74 Å². The van der Waals surface area contributed by atoms with E-state index in [0.29, 0.717) is 53.7 Å². The van der Waals surface area contributed by atoms with Crippen LogP contribution in [0.3, 0.4) is 0 Å². The van der Waals surface area contributed by atoms with Crippen molar-refractivity contribution in [3.8, 4) is 11.8 Å². The fourth-order valence-corrected chi connectivity index (χ4v) is 5.36. The molecule has 1 aromatic heterocycles. The van der Waals surface area contributed by atoms with Crippen molar-refractivity contribution in [1.29, 1.82) is 5.26 Å². The summed E-state index contributed by atoms with van der Waals surface area (Å²) < 4.78 is 35.0. The number of rotatable bonds is 4. The number of hydrogen-bond acceptors (Lipinski definition) is 5. The second kappa shape index (κ2) is 7.50. The van der Waals surface area contributed by atoms with E-state index in [2.05, 4.69) is 11.2 Å². The summed E-state index contributed by atoms with van der Waals surface area (Å²) in [6, 6.07) is 6.98. The van der Waals surface area contributed by atoms with Gasteiger partial charge in [-0.05, 0) is 44.9 Å². The van der Waals surface area contributed by atoms with E-state index in [1.54, 1.807) is 43.8 Å². The van der Waals surface area contributed by atoms with Crippen LogP contribution in [0.4, 0.5) is 0 Å². The van der Waals surface area contributed by atoms with Crippen LogP contribution in [0.15, 0.2) is 23.1 Å². The molecule has 1 aliphatic heterocycles. The van der Waals surface area contributed by atoms with Gasteiger partial charge in [0.1, 0.15) is 22.8 Å². The number of sulfonamides is 1. The minimum atomic E-state index is -3.59. The van der Waals surface area contributed by atoms with Gasteiger partial charge in [-0.2, -0.15) is 14.7 Å². The predicted octanol–water partition coefficient (Wildman–Crippen LogP) is 2.79. The smallest absolute Gasteiger partial charge is 0.246 e. The molecule has 27 heavy (non-hydrogen) atoms. The van der Waals surface area contributed by atoms with E-state index in [1.165, 1.54) is 4.31 Å². The number of aromatic nitrogens is 2. The number of benzene rings is 1. The van der Waals surface area contributed by atoms with Crippen molar-refractivity contribution in [1.82, 2.24) is 14.1 Å². The zero-order valence-electron chi connectivity index (χ0n) is 15.4. The first-order valence-corrected chi connectivity index (χ1v) is 10.4. The molecular formula is C18H21ClN4O3S. The topological polar surface area (TPSA) is 88.2 Å². The van der Waals surface area contributed by atoms with E-state index in [0.717, 1.165) is 0 Å². The number of ether oxygens (including phenoxy) is 1. The van der Waals surface area contributed by atoms with Gasteiger partial charge in [-0.3, -0.25) is 4.68 Å². The molecule has 2 aromatic rings. The Bertz CT molecular complexity index is 1000. The molecule has 0 bridgehead atoms. The van der Waals surface area contributed by atoms with Crippen LogP contribution in [0, 0.1) is 25.2 Å². The first kappa shape index (κ1) is 19.7. The first-order chi connectivity index (χ1) is 12.7. The van der Waals surface area contributed by atoms with Gasteiger partial charge in [-0.1, -0.05) is 11.6 Å². The number of nitrogens with zero attached hydrogens (tertiary/aromatic N) is 4. The van der Waals surface area contributed by atoms with Crippen molar-refractivity contribution < 1.29 is 13.2 Å². The molecule has 2 heterocycles. The minimum absolute atomic E-state index is 0.152. The molecule has 3 rings (SSSR count). The van der Waals surface area contributed by atoms with Gasteiger partial charge in [0.25, 0.3) is 0 Å². The highest BCUT2D eigenvalue weighted by Crippen LogP contribution is 2.29. The van der Waals surface area contributed by atoms with Crippen molar-refractivity contribution in [2.24, 2.45) is 7.05 Å². The maximum Gasteiger partial charge on any atom is 0.246 e. The summed E-state index contributed by atoms with van der Waals surface area (Å²) in [7, 11) is -1.86. The van der Waals surface area contributed by atoms with Gasteiger partial charge in [0, 0.05) is 25.2 Å². The molecule has 0 unspecified atom stereocenters. The quantitative estimate of drug-likeness (QED) is 0.776. The molecular weight excluding hydrogens is 388 g/mol. The van der Waals surface area contributed by atoms with Crippen molar-refractivity contribution in [2.75, 3.05) is 13.1 Å². The molecule has 0 amide bonds. The summed E-state index contributed by atoms with van der Waals surface area (Å²) >= 11 is 5.91. The predicted molar refractivity (Wildman–Crippen MR) is 101 cm³/mol. The normalized spacial score (nSPS) is 16.3. The molecule has 0 saturated carbocycles. The van der Waals surface area contributed by atoms with Crippen molar-refractivity contribution in [3.05, 3.63) is 40.2 Å². The summed E-state index contributed by atoms with van der Waals surface area (Å²) in [5, 5.41) is 13.9. The number of nitriles is 1. The van der Waals surface area contributed by atoms with E-state index in [4.69, 9.17) is 16.3 Å². The van der Waals surface area contributed by atoms with Crippen LogP contribution in [-0.4, -0.2) is 41.7 Å². The van der Waals surface area contributed by atoms with Crippen LogP contribution in [0.25, 0.3) is 0 Å². The Hall–Kier alpha value is -2.08. The fraction of sp³-hybridized carbons (Fsp3) is 0.444. The fourth-order valence-electron chi connectivity index (χ4n) is 3.32. The van der Waals surface area contributed by atoms with Crippen molar-refractivity contribution in [2.45, 2.75) is 37.7 Å². The van der Waals surface area contributed by atoms with Crippen LogP contribution >= 0.6 is 11.6 Å². The SMILES string of the molecule is Cc1nn(C)c(C)c1S(=O)(=O)N1CCC(Oc2ccc(Cl)cc2C#N)CC1. The van der Waals surface area contributed by atoms with Gasteiger partial charge in [0.15, 0.2) is 0 Å². The van der Waals surface area contributed by atoms with Crippen LogP contribution in [0.2, 0.25) is 5.02 Å². The highest BCUT2D eigenvalue weighted by Gasteiger charge is 2.34. The van der Waals surface area contributed by atoms with E-state index in [-0.39, 0.29) is 11.0 Å².